The number of unbranched alkanes of at least 4 members (excludes halogenated alkanes) is 2. The molecule has 0 aromatic carbocycles. The van der Waals surface area contributed by atoms with Gasteiger partial charge in [-0.3, -0.25) is 0 Å². The Kier molecular flexibility index (Phi) is 15.4. The van der Waals surface area contributed by atoms with E-state index in [0.717, 1.165) is 12.0 Å². The van der Waals surface area contributed by atoms with Crippen molar-refractivity contribution < 1.29 is 0 Å². The Morgan fingerprint density at radius 3 is 1.78 bits per heavy atom. The second-order valence-corrected chi connectivity index (χ2v) is 6.67. The van der Waals surface area contributed by atoms with E-state index in [4.69, 9.17) is 0 Å². The van der Waals surface area contributed by atoms with Gasteiger partial charge in [0.25, 0.3) is 0 Å². The molecule has 0 N–H and O–H groups in total. The lowest BCUT2D eigenvalue weighted by atomic mass is 9.92. The number of piperidine rings is 2. The van der Waals surface area contributed by atoms with Crippen molar-refractivity contribution in [3.05, 3.63) is 0 Å². The Morgan fingerprint density at radius 1 is 0.739 bits per heavy atom. The summed E-state index contributed by atoms with van der Waals surface area (Å²) in [7, 11) is 0. The van der Waals surface area contributed by atoms with Crippen LogP contribution in [0.3, 0.4) is 0 Å². The van der Waals surface area contributed by atoms with E-state index in [1.807, 2.05) is 27.7 Å². The molecule has 0 unspecified atom stereocenters. The number of likely N-dealkylation sites (tertiary alicyclic amines) is 2. The molecule has 2 heterocycles. The van der Waals surface area contributed by atoms with Crippen LogP contribution in [0, 0.1) is 5.92 Å². The molecule has 0 aromatic rings. The summed E-state index contributed by atoms with van der Waals surface area (Å²) in [6, 6.07) is 0.903. The van der Waals surface area contributed by atoms with Crippen molar-refractivity contribution in [3.8, 4) is 0 Å². The molecule has 2 nitrogen and oxygen atoms in total. The highest BCUT2D eigenvalue weighted by Crippen LogP contribution is 2.25. The van der Waals surface area contributed by atoms with E-state index >= 15 is 0 Å². The highest BCUT2D eigenvalue weighted by Gasteiger charge is 2.27. The smallest absolute Gasteiger partial charge is 0.0120 e. The molecule has 2 aliphatic rings. The quantitative estimate of drug-likeness (QED) is 0.568. The number of hydrogen-bond donors (Lipinski definition) is 0. The standard InChI is InChI=1S/C17H34N2.2C2H6/c1-3-5-6-11-18-12-9-17(10-13-18)19-14-7-16(4-2)8-15-19;2*1-2/h16-17H,3-15H2,1-2H3;2*1-2H3. The first kappa shape index (κ1) is 22.9. The molecule has 2 fully saturated rings. The van der Waals surface area contributed by atoms with Gasteiger partial charge in [0.1, 0.15) is 0 Å². The zero-order chi connectivity index (χ0) is 17.5. The van der Waals surface area contributed by atoms with Crippen LogP contribution < -0.4 is 0 Å². The first-order valence-corrected chi connectivity index (χ1v) is 10.8. The third-order valence-corrected chi connectivity index (χ3v) is 5.38. The van der Waals surface area contributed by atoms with Crippen LogP contribution in [-0.2, 0) is 0 Å². The molecular weight excluding hydrogens is 280 g/mol. The minimum atomic E-state index is 0.903. The zero-order valence-corrected chi connectivity index (χ0v) is 17.2. The molecule has 2 saturated heterocycles. The average Bonchev–Trinajstić information content (AvgIpc) is 2.66. The molecule has 23 heavy (non-hydrogen) atoms. The van der Waals surface area contributed by atoms with E-state index in [9.17, 15) is 0 Å². The van der Waals surface area contributed by atoms with Crippen LogP contribution in [0.15, 0.2) is 0 Å². The highest BCUT2D eigenvalue weighted by atomic mass is 15.2. The van der Waals surface area contributed by atoms with Crippen LogP contribution in [0.4, 0.5) is 0 Å². The van der Waals surface area contributed by atoms with E-state index < -0.39 is 0 Å². The van der Waals surface area contributed by atoms with Gasteiger partial charge in [0.05, 0.1) is 0 Å². The SMILES string of the molecule is CC.CC.CCCCCN1CCC(N2CCC(CC)CC2)CC1. The fraction of sp³-hybridized carbons (Fsp3) is 1.00. The number of hydrogen-bond acceptors (Lipinski definition) is 2. The normalized spacial score (nSPS) is 21.1. The maximum Gasteiger partial charge on any atom is 0.0120 e. The Balaban J connectivity index is 0.00000112. The summed E-state index contributed by atoms with van der Waals surface area (Å²) >= 11 is 0. The van der Waals surface area contributed by atoms with Crippen molar-refractivity contribution in [1.82, 2.24) is 9.80 Å². The fourth-order valence-electron chi connectivity index (χ4n) is 3.82. The van der Waals surface area contributed by atoms with E-state index in [1.54, 1.807) is 0 Å². The zero-order valence-electron chi connectivity index (χ0n) is 17.2. The maximum atomic E-state index is 2.80. The molecule has 0 spiro atoms. The maximum absolute atomic E-state index is 2.80. The van der Waals surface area contributed by atoms with Crippen molar-refractivity contribution in [1.29, 1.82) is 0 Å². The van der Waals surface area contributed by atoms with Crippen molar-refractivity contribution in [2.75, 3.05) is 32.7 Å². The molecule has 0 aromatic heterocycles. The van der Waals surface area contributed by atoms with Gasteiger partial charge >= 0.3 is 0 Å². The van der Waals surface area contributed by atoms with Crippen molar-refractivity contribution in [2.24, 2.45) is 5.92 Å². The van der Waals surface area contributed by atoms with Gasteiger partial charge in [0.15, 0.2) is 0 Å². The van der Waals surface area contributed by atoms with Gasteiger partial charge in [-0.15, -0.1) is 0 Å². The third-order valence-electron chi connectivity index (χ3n) is 5.38. The van der Waals surface area contributed by atoms with Gasteiger partial charge in [-0.2, -0.15) is 0 Å². The van der Waals surface area contributed by atoms with Crippen molar-refractivity contribution in [3.63, 3.8) is 0 Å². The predicted octanol–water partition coefficient (Wildman–Crippen LogP) is 5.82. The average molecular weight is 327 g/mol. The molecule has 2 aliphatic heterocycles. The molecule has 2 heteroatoms. The third kappa shape index (κ3) is 9.10. The largest absolute Gasteiger partial charge is 0.303 e. The summed E-state index contributed by atoms with van der Waals surface area (Å²) < 4.78 is 0. The van der Waals surface area contributed by atoms with Crippen LogP contribution in [0.25, 0.3) is 0 Å². The monoisotopic (exact) mass is 326 g/mol. The summed E-state index contributed by atoms with van der Waals surface area (Å²) in [6.07, 6.45) is 11.3. The Morgan fingerprint density at radius 2 is 1.30 bits per heavy atom. The van der Waals surface area contributed by atoms with Crippen LogP contribution >= 0.6 is 0 Å². The van der Waals surface area contributed by atoms with Crippen molar-refractivity contribution >= 4 is 0 Å². The van der Waals surface area contributed by atoms with Gasteiger partial charge in [-0.25, -0.2) is 0 Å². The molecule has 0 atom stereocenters. The summed E-state index contributed by atoms with van der Waals surface area (Å²) in [5.41, 5.74) is 0. The van der Waals surface area contributed by atoms with Gasteiger partial charge in [-0.1, -0.05) is 60.8 Å². The van der Waals surface area contributed by atoms with E-state index in [-0.39, 0.29) is 0 Å². The van der Waals surface area contributed by atoms with E-state index in [0.29, 0.717) is 0 Å². The molecular formula is C21H46N2. The molecule has 140 valence electrons. The van der Waals surface area contributed by atoms with E-state index in [2.05, 4.69) is 23.6 Å². The summed E-state index contributed by atoms with van der Waals surface area (Å²) in [4.78, 5) is 5.50. The molecule has 0 saturated carbocycles. The molecule has 0 amide bonds. The summed E-state index contributed by atoms with van der Waals surface area (Å²) in [5.74, 6) is 1.02. The Labute approximate surface area is 148 Å². The fourth-order valence-corrected chi connectivity index (χ4v) is 3.82. The number of nitrogens with zero attached hydrogens (tertiary/aromatic N) is 2. The minimum absolute atomic E-state index is 0.903. The topological polar surface area (TPSA) is 6.48 Å². The van der Waals surface area contributed by atoms with Crippen LogP contribution in [0.5, 0.6) is 0 Å². The second-order valence-electron chi connectivity index (χ2n) is 6.67. The lowest BCUT2D eigenvalue weighted by molar-refractivity contribution is 0.0765. The predicted molar refractivity (Wildman–Crippen MR) is 106 cm³/mol. The lowest BCUT2D eigenvalue weighted by Crippen LogP contribution is -2.47. The first-order valence-electron chi connectivity index (χ1n) is 10.8. The molecule has 0 radical (unpaired) electrons. The second kappa shape index (κ2) is 15.4. The van der Waals surface area contributed by atoms with Gasteiger partial charge in [0, 0.05) is 6.04 Å². The Hall–Kier alpha value is -0.0800. The summed E-state index contributed by atoms with van der Waals surface area (Å²) in [5, 5.41) is 0. The van der Waals surface area contributed by atoms with Crippen LogP contribution in [0.1, 0.15) is 92.9 Å². The summed E-state index contributed by atoms with van der Waals surface area (Å²) in [6.45, 7) is 19.4. The highest BCUT2D eigenvalue weighted by molar-refractivity contribution is 4.83. The van der Waals surface area contributed by atoms with Gasteiger partial charge < -0.3 is 9.80 Å². The van der Waals surface area contributed by atoms with Gasteiger partial charge in [0.2, 0.25) is 0 Å². The first-order chi connectivity index (χ1) is 11.3. The molecule has 0 aliphatic carbocycles. The number of rotatable bonds is 6. The van der Waals surface area contributed by atoms with Crippen LogP contribution in [-0.4, -0.2) is 48.6 Å². The molecule has 2 rings (SSSR count). The van der Waals surface area contributed by atoms with Crippen molar-refractivity contribution in [2.45, 2.75) is 99.0 Å². The lowest BCUT2D eigenvalue weighted by Gasteiger charge is -2.41. The van der Waals surface area contributed by atoms with Crippen LogP contribution in [0.2, 0.25) is 0 Å². The van der Waals surface area contributed by atoms with Gasteiger partial charge in [-0.05, 0) is 70.7 Å². The Bertz CT molecular complexity index is 226. The minimum Gasteiger partial charge on any atom is -0.303 e. The molecule has 0 bridgehead atoms. The van der Waals surface area contributed by atoms with E-state index in [1.165, 1.54) is 84.1 Å².